The highest BCUT2D eigenvalue weighted by molar-refractivity contribution is 7.45. The van der Waals surface area contributed by atoms with Crippen molar-refractivity contribution in [1.82, 2.24) is 10.2 Å². The maximum absolute atomic E-state index is 11.7. The van der Waals surface area contributed by atoms with Crippen molar-refractivity contribution in [2.75, 3.05) is 6.61 Å². The predicted octanol–water partition coefficient (Wildman–Crippen LogP) is -3.85. The third kappa shape index (κ3) is 4.92. The van der Waals surface area contributed by atoms with Crippen LogP contribution in [0, 0.1) is 0 Å². The lowest BCUT2D eigenvalue weighted by Gasteiger charge is -2.42. The van der Waals surface area contributed by atoms with Gasteiger partial charge in [-0.3, -0.25) is 15.0 Å². The van der Waals surface area contributed by atoms with E-state index in [2.05, 4.69) is 0 Å². The number of urea groups is 1. The van der Waals surface area contributed by atoms with E-state index in [9.17, 15) is 24.9 Å². The van der Waals surface area contributed by atoms with E-state index >= 15 is 0 Å². The average Bonchev–Trinajstić information content (AvgIpc) is 2.76. The van der Waals surface area contributed by atoms with Gasteiger partial charge in [0.15, 0.2) is 11.8 Å². The number of phosphoric acid groups is 1. The second kappa shape index (κ2) is 7.39. The zero-order valence-electron chi connectivity index (χ0n) is 12.4. The minimum Gasteiger partial charge on any atom is -0.394 e. The van der Waals surface area contributed by atoms with Gasteiger partial charge in [-0.25, -0.2) is 9.36 Å². The molecule has 14 heteroatoms. The maximum Gasteiger partial charge on any atom is 0.466 e. The van der Waals surface area contributed by atoms with Gasteiger partial charge in [0.2, 0.25) is 0 Å². The number of hydrogen-bond acceptors (Lipinski definition) is 8. The molecule has 2 saturated heterocycles. The quantitative estimate of drug-likeness (QED) is 0.219. The minimum absolute atomic E-state index is 0.0417. The van der Waals surface area contributed by atoms with Crippen molar-refractivity contribution in [3.63, 3.8) is 0 Å². The second-order valence-electron chi connectivity index (χ2n) is 5.32. The molecule has 2 rings (SSSR count). The molecular weight excluding hydrogens is 355 g/mol. The van der Waals surface area contributed by atoms with Crippen LogP contribution in [0.3, 0.4) is 0 Å². The number of carbonyl (C=O) groups excluding carboxylic acids is 2. The normalized spacial score (nSPS) is 36.9. The summed E-state index contributed by atoms with van der Waals surface area (Å²) in [4.78, 5) is 45.4. The van der Waals surface area contributed by atoms with E-state index in [1.807, 2.05) is 5.32 Å². The lowest BCUT2D eigenvalue weighted by molar-refractivity contribution is -0.193. The predicted molar refractivity (Wildman–Crippen MR) is 72.6 cm³/mol. The van der Waals surface area contributed by atoms with Crippen LogP contribution in [0.2, 0.25) is 0 Å². The van der Waals surface area contributed by atoms with Crippen LogP contribution in [0.15, 0.2) is 0 Å². The zero-order valence-corrected chi connectivity index (χ0v) is 13.3. The van der Waals surface area contributed by atoms with Gasteiger partial charge in [-0.15, -0.1) is 0 Å². The monoisotopic (exact) mass is 374 g/mol. The van der Waals surface area contributed by atoms with Crippen molar-refractivity contribution in [3.8, 4) is 0 Å². The molecule has 0 radical (unpaired) electrons. The van der Waals surface area contributed by atoms with Crippen LogP contribution in [0.5, 0.6) is 0 Å². The third-order valence-corrected chi connectivity index (χ3v) is 3.38. The molecular formula is C10H19N2O11P. The maximum atomic E-state index is 11.7. The fourth-order valence-corrected chi connectivity index (χ4v) is 2.13. The van der Waals surface area contributed by atoms with Crippen LogP contribution >= 0.6 is 7.82 Å². The van der Waals surface area contributed by atoms with Crippen LogP contribution in [-0.2, 0) is 14.1 Å². The summed E-state index contributed by atoms with van der Waals surface area (Å²) >= 11 is 0. The van der Waals surface area contributed by atoms with Gasteiger partial charge in [-0.2, -0.15) is 0 Å². The van der Waals surface area contributed by atoms with Crippen molar-refractivity contribution in [3.05, 3.63) is 0 Å². The molecule has 2 unspecified atom stereocenters. The summed E-state index contributed by atoms with van der Waals surface area (Å²) in [6, 6.07) is -0.931. The molecule has 0 spiro atoms. The van der Waals surface area contributed by atoms with Crippen LogP contribution in [0.4, 0.5) is 4.79 Å². The Kier molecular flexibility index (Phi) is 6.43. The Bertz CT molecular complexity index is 527. The molecule has 24 heavy (non-hydrogen) atoms. The highest BCUT2D eigenvalue weighted by Crippen LogP contribution is 2.29. The summed E-state index contributed by atoms with van der Waals surface area (Å²) < 4.78 is 14.1. The number of aliphatic hydroxyl groups is 4. The first-order chi connectivity index (χ1) is 10.8. The molecule has 0 saturated carbocycles. The van der Waals surface area contributed by atoms with E-state index in [1.54, 1.807) is 0 Å². The van der Waals surface area contributed by atoms with Crippen LogP contribution < -0.4 is 5.32 Å². The number of imide groups is 1. The minimum atomic E-state index is -4.64. The molecule has 0 aliphatic carbocycles. The Labute approximate surface area is 135 Å². The molecule has 140 valence electrons. The largest absolute Gasteiger partial charge is 0.466 e. The van der Waals surface area contributed by atoms with E-state index in [1.165, 1.54) is 0 Å². The second-order valence-corrected chi connectivity index (χ2v) is 6.34. The Morgan fingerprint density at radius 2 is 1.83 bits per heavy atom. The number of nitrogens with zero attached hydrogens (tertiary/aromatic N) is 1. The topological polar surface area (TPSA) is 217 Å². The van der Waals surface area contributed by atoms with Crippen molar-refractivity contribution in [1.29, 1.82) is 0 Å². The number of carbonyl (C=O) groups is 2. The van der Waals surface area contributed by atoms with Crippen molar-refractivity contribution in [2.45, 2.75) is 43.6 Å². The molecule has 5 atom stereocenters. The van der Waals surface area contributed by atoms with E-state index < -0.39 is 56.6 Å². The molecule has 2 aliphatic rings. The highest BCUT2D eigenvalue weighted by atomic mass is 31.2. The van der Waals surface area contributed by atoms with Gasteiger partial charge in [-0.1, -0.05) is 0 Å². The van der Waals surface area contributed by atoms with E-state index in [-0.39, 0.29) is 6.42 Å². The summed E-state index contributed by atoms with van der Waals surface area (Å²) in [5.41, 5.74) is -2.18. The molecule has 0 bridgehead atoms. The van der Waals surface area contributed by atoms with Crippen LogP contribution in [0.1, 0.15) is 13.3 Å². The van der Waals surface area contributed by atoms with Crippen LogP contribution in [-0.4, -0.2) is 88.8 Å². The fourth-order valence-electron chi connectivity index (χ4n) is 2.13. The number of nitrogens with one attached hydrogen (secondary N) is 1. The van der Waals surface area contributed by atoms with Crippen molar-refractivity contribution < 1.29 is 54.0 Å². The Morgan fingerprint density at radius 1 is 1.33 bits per heavy atom. The highest BCUT2D eigenvalue weighted by Gasteiger charge is 2.53. The summed E-state index contributed by atoms with van der Waals surface area (Å²) in [7, 11) is -4.64. The van der Waals surface area contributed by atoms with Gasteiger partial charge in [-0.05, 0) is 6.92 Å². The molecule has 2 heterocycles. The summed E-state index contributed by atoms with van der Waals surface area (Å²) in [5.74, 6) is -1.02. The average molecular weight is 374 g/mol. The number of rotatable bonds is 2. The summed E-state index contributed by atoms with van der Waals surface area (Å²) in [5, 5.41) is 40.2. The SMILES string of the molecule is CC1(O)C(=O)NC(=O)N([C@H]2C[C@H](O)[C@@H](CO)O2)C1O.O=P(O)(O)O. The smallest absolute Gasteiger partial charge is 0.394 e. The van der Waals surface area contributed by atoms with Gasteiger partial charge < -0.3 is 39.8 Å². The standard InChI is InChI=1S/C10H16N2O7.H3O4P/c1-10(18)7(15)11-9(17)12(8(10)16)6-2-4(14)5(3-13)19-6;1-5(2,3)4/h4-6,8,13-14,16,18H,2-3H2,1H3,(H,11,15,17);(H3,1,2,3,4)/t4-,5+,6+,8?,10?;/m0./s1. The summed E-state index contributed by atoms with van der Waals surface area (Å²) in [6.45, 7) is 0.611. The zero-order chi connectivity index (χ0) is 18.9. The molecule has 2 fully saturated rings. The van der Waals surface area contributed by atoms with Crippen LogP contribution in [0.25, 0.3) is 0 Å². The third-order valence-electron chi connectivity index (χ3n) is 3.38. The van der Waals surface area contributed by atoms with Gasteiger partial charge >= 0.3 is 13.9 Å². The first-order valence-electron chi connectivity index (χ1n) is 6.56. The fraction of sp³-hybridized carbons (Fsp3) is 0.800. The van der Waals surface area contributed by atoms with E-state index in [0.717, 1.165) is 11.8 Å². The molecule has 2 aliphatic heterocycles. The van der Waals surface area contributed by atoms with Crippen molar-refractivity contribution >= 4 is 19.8 Å². The number of aliphatic hydroxyl groups excluding tert-OH is 3. The van der Waals surface area contributed by atoms with E-state index in [4.69, 9.17) is 29.1 Å². The van der Waals surface area contributed by atoms with Gasteiger partial charge in [0.05, 0.1) is 12.7 Å². The lowest BCUT2D eigenvalue weighted by atomic mass is 10.00. The van der Waals surface area contributed by atoms with Crippen molar-refractivity contribution in [2.24, 2.45) is 0 Å². The van der Waals surface area contributed by atoms with Gasteiger partial charge in [0, 0.05) is 6.42 Å². The molecule has 0 aromatic carbocycles. The molecule has 3 amide bonds. The molecule has 0 aromatic heterocycles. The molecule has 13 nitrogen and oxygen atoms in total. The number of ether oxygens (including phenoxy) is 1. The first-order valence-corrected chi connectivity index (χ1v) is 8.12. The van der Waals surface area contributed by atoms with Gasteiger partial charge in [0.1, 0.15) is 12.3 Å². The Morgan fingerprint density at radius 3 is 2.25 bits per heavy atom. The van der Waals surface area contributed by atoms with E-state index in [0.29, 0.717) is 0 Å². The number of hydrogen-bond donors (Lipinski definition) is 8. The lowest BCUT2D eigenvalue weighted by Crippen LogP contribution is -2.70. The Hall–Kier alpha value is -1.15. The number of amides is 3. The Balaban J connectivity index is 0.000000505. The molecule has 8 N–H and O–H groups in total. The molecule has 0 aromatic rings. The van der Waals surface area contributed by atoms with Gasteiger partial charge in [0.25, 0.3) is 5.91 Å². The summed E-state index contributed by atoms with van der Waals surface area (Å²) in [6.07, 6.45) is -4.77. The first kappa shape index (κ1) is 20.9.